The third kappa shape index (κ3) is 7.15. The molecule has 0 radical (unpaired) electrons. The molecule has 1 aromatic heterocycles. The van der Waals surface area contributed by atoms with Gasteiger partial charge in [-0.1, -0.05) is 12.1 Å². The fourth-order valence-corrected chi connectivity index (χ4v) is 3.86. The zero-order valence-electron chi connectivity index (χ0n) is 20.1. The molecule has 1 aliphatic rings. The van der Waals surface area contributed by atoms with E-state index in [2.05, 4.69) is 29.8 Å². The Balaban J connectivity index is 1.96. The predicted octanol–water partition coefficient (Wildman–Crippen LogP) is 3.51. The Morgan fingerprint density at radius 1 is 1.27 bits per heavy atom. The molecule has 3 rings (SSSR count). The van der Waals surface area contributed by atoms with Crippen LogP contribution in [0.4, 0.5) is 11.5 Å². The highest BCUT2D eigenvalue weighted by molar-refractivity contribution is 6.06. The van der Waals surface area contributed by atoms with Crippen LogP contribution in [0.1, 0.15) is 39.2 Å². The van der Waals surface area contributed by atoms with Crippen LogP contribution in [0, 0.1) is 5.41 Å². The average molecular weight is 456 g/mol. The maximum Gasteiger partial charge on any atom is 0.138 e. The van der Waals surface area contributed by atoms with E-state index in [1.807, 2.05) is 30.3 Å². The molecule has 5 N–H and O–H groups in total. The number of anilines is 2. The monoisotopic (exact) mass is 455 g/mol. The summed E-state index contributed by atoms with van der Waals surface area (Å²) in [6.45, 7) is 8.08. The Bertz CT molecular complexity index is 928. The molecule has 1 aliphatic heterocycles. The molecule has 1 fully saturated rings. The van der Waals surface area contributed by atoms with Gasteiger partial charge in [0.1, 0.15) is 24.3 Å². The van der Waals surface area contributed by atoms with Gasteiger partial charge in [-0.25, -0.2) is 4.98 Å². The van der Waals surface area contributed by atoms with Crippen molar-refractivity contribution in [3.8, 4) is 17.0 Å². The summed E-state index contributed by atoms with van der Waals surface area (Å²) >= 11 is 0. The van der Waals surface area contributed by atoms with Crippen LogP contribution in [0.2, 0.25) is 0 Å². The van der Waals surface area contributed by atoms with E-state index in [4.69, 9.17) is 19.9 Å². The third-order valence-corrected chi connectivity index (χ3v) is 5.41. The Labute approximate surface area is 196 Å². The molecule has 0 amide bonds. The smallest absolute Gasteiger partial charge is 0.138 e. The van der Waals surface area contributed by atoms with Crippen LogP contribution in [0.3, 0.4) is 0 Å². The molecule has 1 atom stereocenters. The number of hydrogen-bond donors (Lipinski definition) is 5. The fourth-order valence-electron chi connectivity index (χ4n) is 3.86. The molecule has 0 saturated carbocycles. The van der Waals surface area contributed by atoms with E-state index in [1.54, 1.807) is 14.0 Å². The largest absolute Gasteiger partial charge is 0.491 e. The number of benzene rings is 1. The van der Waals surface area contributed by atoms with Gasteiger partial charge in [0.15, 0.2) is 0 Å². The van der Waals surface area contributed by atoms with Crippen LogP contribution < -0.4 is 20.7 Å². The van der Waals surface area contributed by atoms with E-state index < -0.39 is 6.10 Å². The molecule has 1 saturated heterocycles. The van der Waals surface area contributed by atoms with E-state index in [1.165, 1.54) is 0 Å². The van der Waals surface area contributed by atoms with Gasteiger partial charge in [-0.2, -0.15) is 0 Å². The molecule has 0 spiro atoms. The Hall–Kier alpha value is -2.68. The Morgan fingerprint density at radius 2 is 2.03 bits per heavy atom. The van der Waals surface area contributed by atoms with Crippen LogP contribution in [0.25, 0.3) is 11.3 Å². The van der Waals surface area contributed by atoms with Gasteiger partial charge in [0.2, 0.25) is 0 Å². The van der Waals surface area contributed by atoms with Gasteiger partial charge in [-0.3, -0.25) is 0 Å². The summed E-state index contributed by atoms with van der Waals surface area (Å²) in [5, 5.41) is 28.4. The van der Waals surface area contributed by atoms with Crippen molar-refractivity contribution in [3.63, 3.8) is 0 Å². The summed E-state index contributed by atoms with van der Waals surface area (Å²) in [6, 6.07) is 10.2. The summed E-state index contributed by atoms with van der Waals surface area (Å²) < 4.78 is 11.3. The van der Waals surface area contributed by atoms with Gasteiger partial charge in [0.25, 0.3) is 0 Å². The number of rotatable bonds is 11. The Morgan fingerprint density at radius 3 is 2.70 bits per heavy atom. The molecule has 180 valence electrons. The summed E-state index contributed by atoms with van der Waals surface area (Å²) in [7, 11) is 1.80. The first-order valence-electron chi connectivity index (χ1n) is 11.6. The number of aromatic nitrogens is 1. The number of aliphatic hydroxyl groups excluding tert-OH is 1. The average Bonchev–Trinajstić information content (AvgIpc) is 2.78. The summed E-state index contributed by atoms with van der Waals surface area (Å²) in [6.07, 6.45) is 1.28. The van der Waals surface area contributed by atoms with Crippen molar-refractivity contribution in [3.05, 3.63) is 35.9 Å². The maximum atomic E-state index is 9.95. The van der Waals surface area contributed by atoms with E-state index in [0.717, 1.165) is 48.6 Å². The molecule has 1 unspecified atom stereocenters. The first kappa shape index (κ1) is 25.0. The van der Waals surface area contributed by atoms with Crippen LogP contribution in [-0.4, -0.2) is 67.4 Å². The summed E-state index contributed by atoms with van der Waals surface area (Å²) in [5.41, 5.74) is 3.85. The van der Waals surface area contributed by atoms with Gasteiger partial charge in [0, 0.05) is 48.8 Å². The molecule has 2 aromatic rings. The van der Waals surface area contributed by atoms with Gasteiger partial charge in [-0.05, 0) is 58.9 Å². The zero-order chi connectivity index (χ0) is 23.8. The van der Waals surface area contributed by atoms with Gasteiger partial charge >= 0.3 is 0 Å². The minimum absolute atomic E-state index is 0.171. The van der Waals surface area contributed by atoms with Gasteiger partial charge in [0.05, 0.1) is 11.3 Å². The van der Waals surface area contributed by atoms with Gasteiger partial charge in [-0.15, -0.1) is 0 Å². The molecule has 1 aromatic carbocycles. The number of ether oxygens (including phenoxy) is 2. The van der Waals surface area contributed by atoms with Crippen molar-refractivity contribution in [2.45, 2.75) is 51.8 Å². The lowest BCUT2D eigenvalue weighted by molar-refractivity contribution is 0.0904. The minimum Gasteiger partial charge on any atom is -0.491 e. The van der Waals surface area contributed by atoms with Crippen molar-refractivity contribution < 1.29 is 14.6 Å². The molecule has 33 heavy (non-hydrogen) atoms. The first-order valence-corrected chi connectivity index (χ1v) is 11.6. The lowest BCUT2D eigenvalue weighted by Crippen LogP contribution is -2.29. The number of aliphatic hydroxyl groups is 1. The van der Waals surface area contributed by atoms with Crippen molar-refractivity contribution >= 4 is 17.2 Å². The van der Waals surface area contributed by atoms with Gasteiger partial charge < -0.3 is 35.9 Å². The molecular formula is C25H37N5O3. The molecule has 0 bridgehead atoms. The Kier molecular flexibility index (Phi) is 9.05. The van der Waals surface area contributed by atoms with Crippen LogP contribution >= 0.6 is 0 Å². The van der Waals surface area contributed by atoms with Crippen molar-refractivity contribution in [2.24, 2.45) is 0 Å². The lowest BCUT2D eigenvalue weighted by atomic mass is 10.0. The first-order chi connectivity index (χ1) is 15.9. The third-order valence-electron chi connectivity index (χ3n) is 5.41. The summed E-state index contributed by atoms with van der Waals surface area (Å²) in [4.78, 5) is 4.89. The lowest BCUT2D eigenvalue weighted by Gasteiger charge is -2.27. The normalized spacial score (nSPS) is 15.3. The quantitative estimate of drug-likeness (QED) is 0.330. The predicted molar refractivity (Wildman–Crippen MR) is 134 cm³/mol. The molecule has 8 nitrogen and oxygen atoms in total. The SMILES string of the molecule is CNCC(O)COc1cccc(-c2cc(NC3CCOCC3)c(C(C)=N)c(NC(C)C)n2)c1. The molecule has 8 heteroatoms. The van der Waals surface area contributed by atoms with Crippen LogP contribution in [0.15, 0.2) is 30.3 Å². The van der Waals surface area contributed by atoms with Crippen molar-refractivity contribution in [1.82, 2.24) is 10.3 Å². The highest BCUT2D eigenvalue weighted by Gasteiger charge is 2.20. The number of nitrogens with one attached hydrogen (secondary N) is 4. The van der Waals surface area contributed by atoms with Crippen molar-refractivity contribution in [2.75, 3.05) is 44.0 Å². The number of pyridine rings is 1. The second-order valence-electron chi connectivity index (χ2n) is 8.78. The van der Waals surface area contributed by atoms with E-state index >= 15 is 0 Å². The summed E-state index contributed by atoms with van der Waals surface area (Å²) in [5.74, 6) is 1.37. The minimum atomic E-state index is -0.580. The van der Waals surface area contributed by atoms with E-state index in [0.29, 0.717) is 29.9 Å². The molecular weight excluding hydrogens is 418 g/mol. The molecule has 0 aliphatic carbocycles. The highest BCUT2D eigenvalue weighted by Crippen LogP contribution is 2.32. The number of likely N-dealkylation sites (N-methyl/N-ethyl adjacent to an activating group) is 1. The topological polar surface area (TPSA) is 112 Å². The van der Waals surface area contributed by atoms with Crippen LogP contribution in [-0.2, 0) is 4.74 Å². The second-order valence-corrected chi connectivity index (χ2v) is 8.78. The van der Waals surface area contributed by atoms with E-state index in [9.17, 15) is 5.11 Å². The number of nitrogens with zero attached hydrogens (tertiary/aromatic N) is 1. The molecule has 2 heterocycles. The van der Waals surface area contributed by atoms with E-state index in [-0.39, 0.29) is 12.6 Å². The standard InChI is InChI=1S/C25H37N5O3/c1-16(2)28-25-24(17(3)26)23(29-19-8-10-32-11-9-19)13-22(30-25)18-6-5-7-21(12-18)33-15-20(31)14-27-4/h5-7,12-13,16,19-20,26-27,31H,8-11,14-15H2,1-4H3,(H2,28,29,30). The second kappa shape index (κ2) is 12.0. The van der Waals surface area contributed by atoms with Crippen molar-refractivity contribution in [1.29, 1.82) is 5.41 Å². The highest BCUT2D eigenvalue weighted by atomic mass is 16.5. The zero-order valence-corrected chi connectivity index (χ0v) is 20.1. The van der Waals surface area contributed by atoms with Crippen LogP contribution in [0.5, 0.6) is 5.75 Å². The number of hydrogen-bond acceptors (Lipinski definition) is 8. The maximum absolute atomic E-state index is 9.95. The fraction of sp³-hybridized carbons (Fsp3) is 0.520.